The Balaban J connectivity index is 2.36. The number of pyridine rings is 1. The molecule has 2 rings (SSSR count). The quantitative estimate of drug-likeness (QED) is 0.826. The highest BCUT2D eigenvalue weighted by molar-refractivity contribution is 5.13. The average molecular weight is 245 g/mol. The maximum absolute atomic E-state index is 12.0. The normalized spacial score (nSPS) is 10.8. The van der Waals surface area contributed by atoms with Crippen molar-refractivity contribution in [3.8, 4) is 0 Å². The van der Waals surface area contributed by atoms with Crippen LogP contribution in [0.4, 0.5) is 0 Å². The van der Waals surface area contributed by atoms with E-state index in [-0.39, 0.29) is 5.56 Å². The summed E-state index contributed by atoms with van der Waals surface area (Å²) in [6.07, 6.45) is 2.75. The Labute approximate surface area is 107 Å². The summed E-state index contributed by atoms with van der Waals surface area (Å²) in [7, 11) is 0. The third kappa shape index (κ3) is 2.37. The van der Waals surface area contributed by atoms with E-state index < -0.39 is 0 Å². The van der Waals surface area contributed by atoms with Gasteiger partial charge in [-0.2, -0.15) is 5.10 Å². The molecule has 2 heterocycles. The van der Waals surface area contributed by atoms with Crippen LogP contribution in [0.15, 0.2) is 29.2 Å². The summed E-state index contributed by atoms with van der Waals surface area (Å²) in [5.41, 5.74) is 3.00. The van der Waals surface area contributed by atoms with Gasteiger partial charge in [0.1, 0.15) is 0 Å². The summed E-state index contributed by atoms with van der Waals surface area (Å²) in [6, 6.07) is 5.83. The average Bonchev–Trinajstić information content (AvgIpc) is 2.77. The van der Waals surface area contributed by atoms with Crippen LogP contribution in [0, 0.1) is 6.92 Å². The largest absolute Gasteiger partial charge is 0.309 e. The van der Waals surface area contributed by atoms with Gasteiger partial charge in [-0.1, -0.05) is 13.0 Å². The van der Waals surface area contributed by atoms with E-state index in [9.17, 15) is 4.79 Å². The fourth-order valence-electron chi connectivity index (χ4n) is 2.04. The lowest BCUT2D eigenvalue weighted by Crippen LogP contribution is -2.23. The number of hydrogen-bond donors (Lipinski definition) is 0. The minimum absolute atomic E-state index is 0.0689. The van der Waals surface area contributed by atoms with Crippen molar-refractivity contribution in [2.75, 3.05) is 0 Å². The zero-order chi connectivity index (χ0) is 13.1. The van der Waals surface area contributed by atoms with Crippen LogP contribution in [-0.2, 0) is 19.5 Å². The third-order valence-corrected chi connectivity index (χ3v) is 3.12. The van der Waals surface area contributed by atoms with Crippen molar-refractivity contribution in [1.82, 2.24) is 14.3 Å². The van der Waals surface area contributed by atoms with Crippen LogP contribution >= 0.6 is 0 Å². The molecule has 2 aromatic heterocycles. The first-order valence-corrected chi connectivity index (χ1v) is 6.37. The van der Waals surface area contributed by atoms with E-state index in [1.165, 1.54) is 0 Å². The Morgan fingerprint density at radius 2 is 2.11 bits per heavy atom. The van der Waals surface area contributed by atoms with Gasteiger partial charge in [-0.25, -0.2) is 0 Å². The highest BCUT2D eigenvalue weighted by atomic mass is 16.1. The van der Waals surface area contributed by atoms with E-state index in [1.54, 1.807) is 4.57 Å². The fourth-order valence-corrected chi connectivity index (χ4v) is 2.04. The van der Waals surface area contributed by atoms with Crippen molar-refractivity contribution in [2.45, 2.75) is 40.3 Å². The van der Waals surface area contributed by atoms with Crippen LogP contribution in [0.25, 0.3) is 0 Å². The first-order valence-electron chi connectivity index (χ1n) is 6.37. The lowest BCUT2D eigenvalue weighted by atomic mass is 10.3. The lowest BCUT2D eigenvalue weighted by molar-refractivity contribution is 0.589. The van der Waals surface area contributed by atoms with Crippen LogP contribution in [0.3, 0.4) is 0 Å². The highest BCUT2D eigenvalue weighted by Gasteiger charge is 2.07. The van der Waals surface area contributed by atoms with Gasteiger partial charge in [0, 0.05) is 18.3 Å². The summed E-state index contributed by atoms with van der Waals surface area (Å²) >= 11 is 0. The van der Waals surface area contributed by atoms with Gasteiger partial charge in [0.2, 0.25) is 0 Å². The van der Waals surface area contributed by atoms with Crippen molar-refractivity contribution >= 4 is 0 Å². The van der Waals surface area contributed by atoms with Crippen molar-refractivity contribution in [1.29, 1.82) is 0 Å². The predicted molar refractivity (Wildman–Crippen MR) is 71.8 cm³/mol. The molecule has 18 heavy (non-hydrogen) atoms. The third-order valence-electron chi connectivity index (χ3n) is 3.12. The molecule has 0 N–H and O–H groups in total. The molecule has 0 aliphatic carbocycles. The van der Waals surface area contributed by atoms with Gasteiger partial charge in [0.05, 0.1) is 17.9 Å². The molecule has 0 fully saturated rings. The monoisotopic (exact) mass is 245 g/mol. The van der Waals surface area contributed by atoms with Gasteiger partial charge in [-0.15, -0.1) is 0 Å². The van der Waals surface area contributed by atoms with Crippen LogP contribution < -0.4 is 5.56 Å². The van der Waals surface area contributed by atoms with E-state index in [0.29, 0.717) is 6.54 Å². The van der Waals surface area contributed by atoms with Gasteiger partial charge in [-0.05, 0) is 32.4 Å². The van der Waals surface area contributed by atoms with Gasteiger partial charge >= 0.3 is 0 Å². The Bertz CT molecular complexity index is 595. The molecule has 0 amide bonds. The Hall–Kier alpha value is -1.84. The summed E-state index contributed by atoms with van der Waals surface area (Å²) in [5.74, 6) is 0. The predicted octanol–water partition coefficient (Wildman–Crippen LogP) is 1.98. The molecular weight excluding hydrogens is 226 g/mol. The molecule has 0 aromatic carbocycles. The lowest BCUT2D eigenvalue weighted by Gasteiger charge is -2.07. The van der Waals surface area contributed by atoms with E-state index in [4.69, 9.17) is 0 Å². The molecule has 4 nitrogen and oxygen atoms in total. The summed E-state index contributed by atoms with van der Waals surface area (Å²) < 4.78 is 3.70. The number of rotatable bonds is 4. The molecule has 0 atom stereocenters. The van der Waals surface area contributed by atoms with Crippen molar-refractivity contribution in [2.24, 2.45) is 0 Å². The molecule has 2 aromatic rings. The Morgan fingerprint density at radius 1 is 1.33 bits per heavy atom. The minimum atomic E-state index is 0.0689. The van der Waals surface area contributed by atoms with Crippen LogP contribution in [0.1, 0.15) is 30.8 Å². The van der Waals surface area contributed by atoms with E-state index in [2.05, 4.69) is 25.0 Å². The number of aromatic nitrogens is 3. The van der Waals surface area contributed by atoms with Crippen LogP contribution in [0.5, 0.6) is 0 Å². The molecule has 0 aliphatic heterocycles. The van der Waals surface area contributed by atoms with E-state index in [0.717, 1.165) is 29.9 Å². The Kier molecular flexibility index (Phi) is 3.65. The van der Waals surface area contributed by atoms with Crippen molar-refractivity contribution in [3.63, 3.8) is 0 Å². The molecular formula is C14H19N3O. The second-order valence-corrected chi connectivity index (χ2v) is 4.42. The molecule has 96 valence electrons. The molecule has 4 heteroatoms. The first kappa shape index (κ1) is 12.6. The zero-order valence-corrected chi connectivity index (χ0v) is 11.2. The van der Waals surface area contributed by atoms with Gasteiger partial charge in [0.15, 0.2) is 0 Å². The Morgan fingerprint density at radius 3 is 2.78 bits per heavy atom. The van der Waals surface area contributed by atoms with E-state index in [1.807, 2.05) is 29.9 Å². The first-order chi connectivity index (χ1) is 8.65. The number of nitrogens with zero attached hydrogens (tertiary/aromatic N) is 3. The van der Waals surface area contributed by atoms with Gasteiger partial charge in [0.25, 0.3) is 5.56 Å². The van der Waals surface area contributed by atoms with Crippen LogP contribution in [-0.4, -0.2) is 14.3 Å². The molecule has 0 bridgehead atoms. The second-order valence-electron chi connectivity index (χ2n) is 4.42. The van der Waals surface area contributed by atoms with Crippen LogP contribution in [0.2, 0.25) is 0 Å². The summed E-state index contributed by atoms with van der Waals surface area (Å²) in [4.78, 5) is 12.0. The highest BCUT2D eigenvalue weighted by Crippen LogP contribution is 2.07. The van der Waals surface area contributed by atoms with Crippen molar-refractivity contribution in [3.05, 3.63) is 51.7 Å². The topological polar surface area (TPSA) is 39.8 Å². The van der Waals surface area contributed by atoms with E-state index >= 15 is 0 Å². The molecule has 0 spiro atoms. The minimum Gasteiger partial charge on any atom is -0.309 e. The SMILES string of the molecule is CCc1cc(Cn2cccc(C)c2=O)n(CC)n1. The van der Waals surface area contributed by atoms with Gasteiger partial charge in [-0.3, -0.25) is 9.48 Å². The van der Waals surface area contributed by atoms with Gasteiger partial charge < -0.3 is 4.57 Å². The standard InChI is InChI=1S/C14H19N3O/c1-4-12-9-13(17(5-2)15-12)10-16-8-6-7-11(3)14(16)18/h6-9H,4-5,10H2,1-3H3. The second kappa shape index (κ2) is 5.21. The number of aryl methyl sites for hydroxylation is 3. The molecule has 0 saturated heterocycles. The molecule has 0 saturated carbocycles. The maximum Gasteiger partial charge on any atom is 0.253 e. The number of hydrogen-bond acceptors (Lipinski definition) is 2. The summed E-state index contributed by atoms with van der Waals surface area (Å²) in [5, 5.41) is 4.50. The molecule has 0 radical (unpaired) electrons. The smallest absolute Gasteiger partial charge is 0.253 e. The maximum atomic E-state index is 12.0. The van der Waals surface area contributed by atoms with Crippen molar-refractivity contribution < 1.29 is 0 Å². The molecule has 0 aliphatic rings. The fraction of sp³-hybridized carbons (Fsp3) is 0.429. The molecule has 0 unspecified atom stereocenters. The summed E-state index contributed by atoms with van der Waals surface area (Å²) in [6.45, 7) is 7.41. The zero-order valence-electron chi connectivity index (χ0n) is 11.2.